The first kappa shape index (κ1) is 18.7. The average Bonchev–Trinajstić information content (AvgIpc) is 2.44. The SMILES string of the molecule is CCCC(C)(C)OCC(C)(C)CNC(=O)c1ccc(C)cc1. The number of ether oxygens (including phenoxy) is 1. The van der Waals surface area contributed by atoms with Crippen molar-refractivity contribution < 1.29 is 9.53 Å². The standard InChI is InChI=1S/C19H31NO2/c1-7-12-19(5,6)22-14-18(3,4)13-20-17(21)16-10-8-15(2)9-11-16/h8-11H,7,12-14H2,1-6H3,(H,20,21). The summed E-state index contributed by atoms with van der Waals surface area (Å²) >= 11 is 0. The molecule has 0 heterocycles. The summed E-state index contributed by atoms with van der Waals surface area (Å²) in [5.74, 6) is -0.0270. The van der Waals surface area contributed by atoms with Gasteiger partial charge >= 0.3 is 0 Å². The summed E-state index contributed by atoms with van der Waals surface area (Å²) in [7, 11) is 0. The number of carbonyl (C=O) groups is 1. The molecule has 1 aromatic carbocycles. The van der Waals surface area contributed by atoms with E-state index in [9.17, 15) is 4.79 Å². The summed E-state index contributed by atoms with van der Waals surface area (Å²) in [6, 6.07) is 7.63. The summed E-state index contributed by atoms with van der Waals surface area (Å²) < 4.78 is 6.04. The van der Waals surface area contributed by atoms with Crippen LogP contribution >= 0.6 is 0 Å². The number of amides is 1. The highest BCUT2D eigenvalue weighted by atomic mass is 16.5. The van der Waals surface area contributed by atoms with Crippen LogP contribution in [-0.4, -0.2) is 24.7 Å². The van der Waals surface area contributed by atoms with E-state index in [-0.39, 0.29) is 16.9 Å². The van der Waals surface area contributed by atoms with Gasteiger partial charge in [0.25, 0.3) is 5.91 Å². The molecule has 0 bridgehead atoms. The summed E-state index contributed by atoms with van der Waals surface area (Å²) in [5.41, 5.74) is 1.66. The Morgan fingerprint density at radius 3 is 2.27 bits per heavy atom. The van der Waals surface area contributed by atoms with Crippen LogP contribution < -0.4 is 5.32 Å². The third-order valence-corrected chi connectivity index (χ3v) is 3.75. The van der Waals surface area contributed by atoms with Crippen LogP contribution in [0.2, 0.25) is 0 Å². The fourth-order valence-corrected chi connectivity index (χ4v) is 2.24. The fraction of sp³-hybridized carbons (Fsp3) is 0.632. The molecule has 0 atom stereocenters. The number of benzene rings is 1. The number of aryl methyl sites for hydroxylation is 1. The molecule has 124 valence electrons. The van der Waals surface area contributed by atoms with Gasteiger partial charge in [0.1, 0.15) is 0 Å². The van der Waals surface area contributed by atoms with E-state index in [2.05, 4.69) is 39.9 Å². The van der Waals surface area contributed by atoms with Crippen LogP contribution in [-0.2, 0) is 4.74 Å². The van der Waals surface area contributed by atoms with Crippen LogP contribution in [0.15, 0.2) is 24.3 Å². The van der Waals surface area contributed by atoms with Gasteiger partial charge in [-0.25, -0.2) is 0 Å². The van der Waals surface area contributed by atoms with E-state index >= 15 is 0 Å². The van der Waals surface area contributed by atoms with Crippen molar-refractivity contribution in [2.45, 2.75) is 60.0 Å². The predicted octanol–water partition coefficient (Wildman–Crippen LogP) is 4.35. The maximum Gasteiger partial charge on any atom is 0.251 e. The Labute approximate surface area is 135 Å². The summed E-state index contributed by atoms with van der Waals surface area (Å²) in [6.07, 6.45) is 2.15. The monoisotopic (exact) mass is 305 g/mol. The number of hydrogen-bond acceptors (Lipinski definition) is 2. The van der Waals surface area contributed by atoms with Crippen LogP contribution in [0.1, 0.15) is 63.4 Å². The van der Waals surface area contributed by atoms with Crippen LogP contribution in [0, 0.1) is 12.3 Å². The van der Waals surface area contributed by atoms with Crippen molar-refractivity contribution in [2.75, 3.05) is 13.2 Å². The first-order valence-electron chi connectivity index (χ1n) is 8.14. The topological polar surface area (TPSA) is 38.3 Å². The van der Waals surface area contributed by atoms with Gasteiger partial charge in [0.05, 0.1) is 12.2 Å². The Morgan fingerprint density at radius 1 is 1.14 bits per heavy atom. The van der Waals surface area contributed by atoms with Crippen molar-refractivity contribution in [2.24, 2.45) is 5.41 Å². The minimum absolute atomic E-state index is 0.0270. The van der Waals surface area contributed by atoms with Gasteiger partial charge in [0.15, 0.2) is 0 Å². The summed E-state index contributed by atoms with van der Waals surface area (Å²) in [5, 5.41) is 3.01. The molecule has 1 aromatic rings. The lowest BCUT2D eigenvalue weighted by Crippen LogP contribution is -2.39. The van der Waals surface area contributed by atoms with Crippen molar-refractivity contribution in [3.8, 4) is 0 Å². The van der Waals surface area contributed by atoms with Crippen molar-refractivity contribution in [1.82, 2.24) is 5.32 Å². The molecule has 0 saturated heterocycles. The predicted molar refractivity (Wildman–Crippen MR) is 92.2 cm³/mol. The van der Waals surface area contributed by atoms with Gasteiger partial charge in [0, 0.05) is 17.5 Å². The summed E-state index contributed by atoms with van der Waals surface area (Å²) in [6.45, 7) is 13.9. The maximum absolute atomic E-state index is 12.2. The second-order valence-corrected chi connectivity index (χ2v) is 7.51. The lowest BCUT2D eigenvalue weighted by molar-refractivity contribution is -0.0585. The minimum Gasteiger partial charge on any atom is -0.375 e. The van der Waals surface area contributed by atoms with Gasteiger partial charge in [-0.2, -0.15) is 0 Å². The maximum atomic E-state index is 12.2. The number of hydrogen-bond donors (Lipinski definition) is 1. The molecule has 0 unspecified atom stereocenters. The Morgan fingerprint density at radius 2 is 1.73 bits per heavy atom. The molecule has 1 N–H and O–H groups in total. The molecule has 0 spiro atoms. The van der Waals surface area contributed by atoms with E-state index in [1.165, 1.54) is 0 Å². The normalized spacial score (nSPS) is 12.3. The molecule has 1 amide bonds. The van der Waals surface area contributed by atoms with Crippen molar-refractivity contribution >= 4 is 5.91 Å². The fourth-order valence-electron chi connectivity index (χ4n) is 2.24. The van der Waals surface area contributed by atoms with E-state index in [0.29, 0.717) is 18.7 Å². The van der Waals surface area contributed by atoms with Crippen LogP contribution in [0.5, 0.6) is 0 Å². The molecule has 0 fully saturated rings. The Kier molecular flexibility index (Phi) is 6.61. The second kappa shape index (κ2) is 7.77. The highest BCUT2D eigenvalue weighted by Gasteiger charge is 2.25. The molecule has 0 radical (unpaired) electrons. The Balaban J connectivity index is 2.47. The van der Waals surface area contributed by atoms with Gasteiger partial charge < -0.3 is 10.1 Å². The van der Waals surface area contributed by atoms with E-state index < -0.39 is 0 Å². The zero-order valence-corrected chi connectivity index (χ0v) is 15.0. The van der Waals surface area contributed by atoms with Gasteiger partial charge in [-0.05, 0) is 39.3 Å². The molecule has 0 aliphatic carbocycles. The largest absolute Gasteiger partial charge is 0.375 e. The smallest absolute Gasteiger partial charge is 0.251 e. The Bertz CT molecular complexity index is 475. The van der Waals surface area contributed by atoms with E-state index in [1.807, 2.05) is 31.2 Å². The third kappa shape index (κ3) is 6.61. The Hall–Kier alpha value is -1.35. The molecule has 22 heavy (non-hydrogen) atoms. The minimum atomic E-state index is -0.104. The first-order valence-corrected chi connectivity index (χ1v) is 8.14. The van der Waals surface area contributed by atoms with Gasteiger partial charge in [-0.3, -0.25) is 4.79 Å². The molecule has 0 aromatic heterocycles. The lowest BCUT2D eigenvalue weighted by atomic mass is 9.93. The van der Waals surface area contributed by atoms with Crippen LogP contribution in [0.25, 0.3) is 0 Å². The summed E-state index contributed by atoms with van der Waals surface area (Å²) in [4.78, 5) is 12.2. The van der Waals surface area contributed by atoms with Crippen molar-refractivity contribution in [3.05, 3.63) is 35.4 Å². The zero-order chi connectivity index (χ0) is 16.8. The molecular formula is C19H31NO2. The molecule has 0 aliphatic rings. The number of rotatable bonds is 8. The van der Waals surface area contributed by atoms with E-state index in [0.717, 1.165) is 18.4 Å². The van der Waals surface area contributed by atoms with E-state index in [4.69, 9.17) is 4.74 Å². The molecule has 0 aliphatic heterocycles. The van der Waals surface area contributed by atoms with Crippen LogP contribution in [0.3, 0.4) is 0 Å². The van der Waals surface area contributed by atoms with Gasteiger partial charge in [0.2, 0.25) is 0 Å². The quantitative estimate of drug-likeness (QED) is 0.775. The molecule has 3 heteroatoms. The van der Waals surface area contributed by atoms with Crippen molar-refractivity contribution in [1.29, 1.82) is 0 Å². The van der Waals surface area contributed by atoms with Gasteiger partial charge in [-0.15, -0.1) is 0 Å². The van der Waals surface area contributed by atoms with Crippen LogP contribution in [0.4, 0.5) is 0 Å². The lowest BCUT2D eigenvalue weighted by Gasteiger charge is -2.32. The highest BCUT2D eigenvalue weighted by Crippen LogP contribution is 2.22. The molecular weight excluding hydrogens is 274 g/mol. The van der Waals surface area contributed by atoms with E-state index in [1.54, 1.807) is 0 Å². The molecule has 0 saturated carbocycles. The van der Waals surface area contributed by atoms with Gasteiger partial charge in [-0.1, -0.05) is 44.9 Å². The second-order valence-electron chi connectivity index (χ2n) is 7.51. The first-order chi connectivity index (χ1) is 10.2. The highest BCUT2D eigenvalue weighted by molar-refractivity contribution is 5.94. The molecule has 3 nitrogen and oxygen atoms in total. The van der Waals surface area contributed by atoms with Crippen molar-refractivity contribution in [3.63, 3.8) is 0 Å². The third-order valence-electron chi connectivity index (χ3n) is 3.75. The average molecular weight is 305 g/mol. The molecule has 1 rings (SSSR count). The number of carbonyl (C=O) groups excluding carboxylic acids is 1. The number of nitrogens with one attached hydrogen (secondary N) is 1. The zero-order valence-electron chi connectivity index (χ0n) is 15.0.